The Labute approximate surface area is 85.7 Å². The lowest BCUT2D eigenvalue weighted by atomic mass is 9.99. The molecule has 1 fully saturated rings. The van der Waals surface area contributed by atoms with Gasteiger partial charge in [-0.05, 0) is 18.6 Å². The van der Waals surface area contributed by atoms with Crippen molar-refractivity contribution >= 4 is 17.7 Å². The van der Waals surface area contributed by atoms with Gasteiger partial charge < -0.3 is 9.63 Å². The van der Waals surface area contributed by atoms with Crippen LogP contribution < -0.4 is 0 Å². The van der Waals surface area contributed by atoms with Crippen molar-refractivity contribution in [2.75, 3.05) is 11.5 Å². The zero-order chi connectivity index (χ0) is 9.97. The maximum Gasteiger partial charge on any atom is 0.340 e. The third kappa shape index (κ3) is 1.77. The maximum absolute atomic E-state index is 10.8. The standard InChI is InChI=1S/C9H11NO3S/c11-9(12)7-4-10-13-8(7)6-2-1-3-14-5-6/h4,6H,1-3,5H2,(H,11,12). The van der Waals surface area contributed by atoms with Gasteiger partial charge in [0.05, 0.1) is 6.20 Å². The highest BCUT2D eigenvalue weighted by Crippen LogP contribution is 2.32. The first-order valence-electron chi connectivity index (χ1n) is 4.54. The molecule has 1 unspecified atom stereocenters. The van der Waals surface area contributed by atoms with E-state index in [4.69, 9.17) is 9.63 Å². The van der Waals surface area contributed by atoms with Gasteiger partial charge in [0, 0.05) is 11.7 Å². The molecule has 2 heterocycles. The number of carbonyl (C=O) groups is 1. The summed E-state index contributed by atoms with van der Waals surface area (Å²) < 4.78 is 5.02. The van der Waals surface area contributed by atoms with Gasteiger partial charge >= 0.3 is 5.97 Å². The summed E-state index contributed by atoms with van der Waals surface area (Å²) in [5.74, 6) is 1.92. The highest BCUT2D eigenvalue weighted by molar-refractivity contribution is 7.99. The van der Waals surface area contributed by atoms with E-state index in [1.807, 2.05) is 11.8 Å². The number of rotatable bonds is 2. The normalized spacial score (nSPS) is 22.1. The Bertz CT molecular complexity index is 331. The maximum atomic E-state index is 10.8. The minimum absolute atomic E-state index is 0.220. The zero-order valence-electron chi connectivity index (χ0n) is 7.60. The van der Waals surface area contributed by atoms with Crippen molar-refractivity contribution in [1.29, 1.82) is 0 Å². The largest absolute Gasteiger partial charge is 0.478 e. The third-order valence-corrected chi connectivity index (χ3v) is 3.58. The molecule has 76 valence electrons. The molecule has 1 saturated heterocycles. The van der Waals surface area contributed by atoms with Crippen LogP contribution in [0.15, 0.2) is 10.7 Å². The van der Waals surface area contributed by atoms with Crippen LogP contribution in [0.25, 0.3) is 0 Å². The SMILES string of the molecule is O=C(O)c1cnoc1C1CCCSC1. The fourth-order valence-electron chi connectivity index (χ4n) is 1.65. The molecule has 0 amide bonds. The van der Waals surface area contributed by atoms with Crippen molar-refractivity contribution in [2.45, 2.75) is 18.8 Å². The third-order valence-electron chi connectivity index (χ3n) is 2.36. The van der Waals surface area contributed by atoms with Gasteiger partial charge in [-0.3, -0.25) is 0 Å². The molecule has 0 bridgehead atoms. The van der Waals surface area contributed by atoms with E-state index in [-0.39, 0.29) is 11.5 Å². The second kappa shape index (κ2) is 4.04. The van der Waals surface area contributed by atoms with Crippen LogP contribution in [0.4, 0.5) is 0 Å². The Kier molecular flexibility index (Phi) is 2.77. The summed E-state index contributed by atoms with van der Waals surface area (Å²) in [7, 11) is 0. The summed E-state index contributed by atoms with van der Waals surface area (Å²) in [4.78, 5) is 10.8. The average molecular weight is 213 g/mol. The summed E-state index contributed by atoms with van der Waals surface area (Å²) in [5.41, 5.74) is 0.220. The minimum Gasteiger partial charge on any atom is -0.478 e. The highest BCUT2D eigenvalue weighted by atomic mass is 32.2. The number of hydrogen-bond donors (Lipinski definition) is 1. The topological polar surface area (TPSA) is 63.3 Å². The van der Waals surface area contributed by atoms with Gasteiger partial charge in [-0.1, -0.05) is 5.16 Å². The summed E-state index contributed by atoms with van der Waals surface area (Å²) >= 11 is 1.84. The van der Waals surface area contributed by atoms with Crippen LogP contribution in [0.2, 0.25) is 0 Å². The van der Waals surface area contributed by atoms with E-state index in [1.54, 1.807) is 0 Å². The number of aromatic carboxylic acids is 1. The molecule has 1 aromatic heterocycles. The number of nitrogens with zero attached hydrogens (tertiary/aromatic N) is 1. The van der Waals surface area contributed by atoms with E-state index in [1.165, 1.54) is 6.20 Å². The molecule has 1 aliphatic rings. The first-order valence-corrected chi connectivity index (χ1v) is 5.70. The fourth-order valence-corrected chi connectivity index (χ4v) is 2.79. The van der Waals surface area contributed by atoms with Crippen LogP contribution in [0, 0.1) is 0 Å². The smallest absolute Gasteiger partial charge is 0.340 e. The fraction of sp³-hybridized carbons (Fsp3) is 0.556. The molecule has 14 heavy (non-hydrogen) atoms. The van der Waals surface area contributed by atoms with Crippen molar-refractivity contribution in [3.63, 3.8) is 0 Å². The lowest BCUT2D eigenvalue weighted by Crippen LogP contribution is -2.11. The molecular formula is C9H11NO3S. The predicted octanol–water partition coefficient (Wildman–Crippen LogP) is 1.98. The molecule has 5 heteroatoms. The molecule has 0 radical (unpaired) electrons. The van der Waals surface area contributed by atoms with Crippen molar-refractivity contribution < 1.29 is 14.4 Å². The number of hydrogen-bond acceptors (Lipinski definition) is 4. The molecule has 2 rings (SSSR count). The van der Waals surface area contributed by atoms with Gasteiger partial charge in [0.1, 0.15) is 5.56 Å². The van der Waals surface area contributed by atoms with Crippen LogP contribution in [0.1, 0.15) is 34.9 Å². The van der Waals surface area contributed by atoms with Gasteiger partial charge in [-0.15, -0.1) is 0 Å². The monoisotopic (exact) mass is 213 g/mol. The van der Waals surface area contributed by atoms with Gasteiger partial charge in [0.15, 0.2) is 5.76 Å². The van der Waals surface area contributed by atoms with E-state index < -0.39 is 5.97 Å². The van der Waals surface area contributed by atoms with Crippen LogP contribution in [-0.2, 0) is 0 Å². The zero-order valence-corrected chi connectivity index (χ0v) is 8.42. The lowest BCUT2D eigenvalue weighted by molar-refractivity contribution is 0.0693. The van der Waals surface area contributed by atoms with Crippen molar-refractivity contribution in [3.05, 3.63) is 17.5 Å². The van der Waals surface area contributed by atoms with Crippen molar-refractivity contribution in [3.8, 4) is 0 Å². The van der Waals surface area contributed by atoms with Crippen LogP contribution in [0.5, 0.6) is 0 Å². The summed E-state index contributed by atoms with van der Waals surface area (Å²) in [6.07, 6.45) is 3.41. The van der Waals surface area contributed by atoms with Crippen LogP contribution >= 0.6 is 11.8 Å². The van der Waals surface area contributed by atoms with Gasteiger partial charge in [0.2, 0.25) is 0 Å². The average Bonchev–Trinajstić information content (AvgIpc) is 2.67. The summed E-state index contributed by atoms with van der Waals surface area (Å²) in [6, 6.07) is 0. The highest BCUT2D eigenvalue weighted by Gasteiger charge is 2.25. The first kappa shape index (κ1) is 9.58. The molecule has 1 aromatic rings. The molecule has 0 aliphatic carbocycles. The number of carboxylic acid groups (broad SMARTS) is 1. The van der Waals surface area contributed by atoms with E-state index >= 15 is 0 Å². The van der Waals surface area contributed by atoms with E-state index in [0.29, 0.717) is 5.76 Å². The lowest BCUT2D eigenvalue weighted by Gasteiger charge is -2.18. The Morgan fingerprint density at radius 1 is 1.71 bits per heavy atom. The predicted molar refractivity (Wildman–Crippen MR) is 52.8 cm³/mol. The number of carboxylic acids is 1. The van der Waals surface area contributed by atoms with Gasteiger partial charge in [-0.25, -0.2) is 4.79 Å². The number of thioether (sulfide) groups is 1. The van der Waals surface area contributed by atoms with E-state index in [0.717, 1.165) is 24.3 Å². The summed E-state index contributed by atoms with van der Waals surface area (Å²) in [6.45, 7) is 0. The van der Waals surface area contributed by atoms with Crippen LogP contribution in [0.3, 0.4) is 0 Å². The quantitative estimate of drug-likeness (QED) is 0.813. The first-order chi connectivity index (χ1) is 6.79. The molecule has 1 N–H and O–H groups in total. The van der Waals surface area contributed by atoms with Gasteiger partial charge in [-0.2, -0.15) is 11.8 Å². The molecule has 1 aliphatic heterocycles. The van der Waals surface area contributed by atoms with Crippen LogP contribution in [-0.4, -0.2) is 27.7 Å². The van der Waals surface area contributed by atoms with Crippen molar-refractivity contribution in [2.24, 2.45) is 0 Å². The molecular weight excluding hydrogens is 202 g/mol. The second-order valence-electron chi connectivity index (χ2n) is 3.32. The Morgan fingerprint density at radius 2 is 2.57 bits per heavy atom. The van der Waals surface area contributed by atoms with E-state index in [2.05, 4.69) is 5.16 Å². The Hall–Kier alpha value is -0.970. The number of aromatic nitrogens is 1. The minimum atomic E-state index is -0.947. The molecule has 0 aromatic carbocycles. The molecule has 0 saturated carbocycles. The second-order valence-corrected chi connectivity index (χ2v) is 4.47. The Balaban J connectivity index is 2.21. The van der Waals surface area contributed by atoms with Gasteiger partial charge in [0.25, 0.3) is 0 Å². The molecule has 4 nitrogen and oxygen atoms in total. The Morgan fingerprint density at radius 3 is 3.21 bits per heavy atom. The molecule has 1 atom stereocenters. The van der Waals surface area contributed by atoms with E-state index in [9.17, 15) is 4.79 Å². The molecule has 0 spiro atoms. The van der Waals surface area contributed by atoms with Crippen molar-refractivity contribution in [1.82, 2.24) is 5.16 Å². The summed E-state index contributed by atoms with van der Waals surface area (Å²) in [5, 5.41) is 12.4.